The zero-order valence-electron chi connectivity index (χ0n) is 7.85. The van der Waals surface area contributed by atoms with E-state index in [0.717, 1.165) is 21.7 Å². The molecule has 0 fully saturated rings. The van der Waals surface area contributed by atoms with Crippen LogP contribution in [0.5, 0.6) is 0 Å². The highest BCUT2D eigenvalue weighted by Gasteiger charge is 2.01. The van der Waals surface area contributed by atoms with Gasteiger partial charge in [0.25, 0.3) is 0 Å². The van der Waals surface area contributed by atoms with Crippen molar-refractivity contribution in [1.29, 1.82) is 0 Å². The Labute approximate surface area is 90.9 Å². The number of hydrogen-bond donors (Lipinski definition) is 0. The maximum Gasteiger partial charge on any atom is 0.123 e. The summed E-state index contributed by atoms with van der Waals surface area (Å²) in [5.74, 6) is -0.174. The highest BCUT2D eigenvalue weighted by molar-refractivity contribution is 9.08. The van der Waals surface area contributed by atoms with Gasteiger partial charge in [-0.1, -0.05) is 34.1 Å². The van der Waals surface area contributed by atoms with E-state index in [9.17, 15) is 4.39 Å². The van der Waals surface area contributed by atoms with Crippen molar-refractivity contribution in [1.82, 2.24) is 0 Å². The molecule has 0 aromatic heterocycles. The average molecular weight is 253 g/mol. The molecule has 0 radical (unpaired) electrons. The maximum atomic E-state index is 13.0. The minimum atomic E-state index is -0.174. The van der Waals surface area contributed by atoms with Crippen LogP contribution in [0.15, 0.2) is 30.3 Å². The molecule has 0 spiro atoms. The Morgan fingerprint density at radius 2 is 2.00 bits per heavy atom. The number of aryl methyl sites for hydroxylation is 1. The summed E-state index contributed by atoms with van der Waals surface area (Å²) in [4.78, 5) is 0. The summed E-state index contributed by atoms with van der Waals surface area (Å²) in [7, 11) is 0. The van der Waals surface area contributed by atoms with Crippen LogP contribution in [0.25, 0.3) is 10.8 Å². The van der Waals surface area contributed by atoms with Crippen LogP contribution in [-0.2, 0) is 5.33 Å². The van der Waals surface area contributed by atoms with E-state index in [1.165, 1.54) is 11.6 Å². The Morgan fingerprint density at radius 3 is 2.71 bits per heavy atom. The molecule has 0 nitrogen and oxygen atoms in total. The van der Waals surface area contributed by atoms with Crippen molar-refractivity contribution in [3.05, 3.63) is 47.3 Å². The molecule has 2 aromatic rings. The van der Waals surface area contributed by atoms with E-state index in [-0.39, 0.29) is 5.82 Å². The predicted octanol–water partition coefficient (Wildman–Crippen LogP) is 4.18. The van der Waals surface area contributed by atoms with Gasteiger partial charge in [-0.05, 0) is 41.0 Å². The summed E-state index contributed by atoms with van der Waals surface area (Å²) >= 11 is 3.42. The first-order valence-corrected chi connectivity index (χ1v) is 5.57. The lowest BCUT2D eigenvalue weighted by atomic mass is 10.0. The Kier molecular flexibility index (Phi) is 2.55. The summed E-state index contributed by atoms with van der Waals surface area (Å²) < 4.78 is 13.0. The van der Waals surface area contributed by atoms with Crippen LogP contribution in [0, 0.1) is 12.7 Å². The van der Waals surface area contributed by atoms with Gasteiger partial charge in [0.1, 0.15) is 5.82 Å². The summed E-state index contributed by atoms with van der Waals surface area (Å²) in [6, 6.07) is 9.07. The number of hydrogen-bond acceptors (Lipinski definition) is 0. The topological polar surface area (TPSA) is 0 Å². The lowest BCUT2D eigenvalue weighted by molar-refractivity contribution is 0.629. The summed E-state index contributed by atoms with van der Waals surface area (Å²) in [5, 5.41) is 2.93. The molecule has 72 valence electrons. The zero-order chi connectivity index (χ0) is 10.1. The molecule has 0 saturated carbocycles. The van der Waals surface area contributed by atoms with Crippen LogP contribution >= 0.6 is 15.9 Å². The molecular formula is C12H10BrF. The second kappa shape index (κ2) is 3.70. The molecular weight excluding hydrogens is 243 g/mol. The predicted molar refractivity (Wildman–Crippen MR) is 61.3 cm³/mol. The SMILES string of the molecule is Cc1cc(CBr)cc2ccc(F)cc12. The molecule has 0 aliphatic carbocycles. The molecule has 0 bridgehead atoms. The largest absolute Gasteiger partial charge is 0.207 e. The minimum Gasteiger partial charge on any atom is -0.207 e. The Balaban J connectivity index is 2.76. The van der Waals surface area contributed by atoms with Crippen molar-refractivity contribution in [2.75, 3.05) is 0 Å². The average Bonchev–Trinajstić information content (AvgIpc) is 2.19. The van der Waals surface area contributed by atoms with Gasteiger partial charge < -0.3 is 0 Å². The summed E-state index contributed by atoms with van der Waals surface area (Å²) in [6.07, 6.45) is 0. The lowest BCUT2D eigenvalue weighted by Gasteiger charge is -2.05. The highest BCUT2D eigenvalue weighted by atomic mass is 79.9. The van der Waals surface area contributed by atoms with Crippen molar-refractivity contribution in [2.24, 2.45) is 0 Å². The fourth-order valence-electron chi connectivity index (χ4n) is 1.67. The monoisotopic (exact) mass is 252 g/mol. The zero-order valence-corrected chi connectivity index (χ0v) is 9.44. The van der Waals surface area contributed by atoms with Gasteiger partial charge in [0.05, 0.1) is 0 Å². The fourth-order valence-corrected chi connectivity index (χ4v) is 1.99. The maximum absolute atomic E-state index is 13.0. The molecule has 2 rings (SSSR count). The second-order valence-corrected chi connectivity index (χ2v) is 3.97. The third kappa shape index (κ3) is 1.67. The van der Waals surface area contributed by atoms with Crippen LogP contribution in [0.4, 0.5) is 4.39 Å². The Morgan fingerprint density at radius 1 is 1.21 bits per heavy atom. The first-order valence-electron chi connectivity index (χ1n) is 4.45. The van der Waals surface area contributed by atoms with Gasteiger partial charge in [-0.25, -0.2) is 4.39 Å². The number of alkyl halides is 1. The van der Waals surface area contributed by atoms with Gasteiger partial charge in [0, 0.05) is 5.33 Å². The van der Waals surface area contributed by atoms with E-state index < -0.39 is 0 Å². The summed E-state index contributed by atoms with van der Waals surface area (Å²) in [5.41, 5.74) is 2.35. The second-order valence-electron chi connectivity index (χ2n) is 3.41. The van der Waals surface area contributed by atoms with Crippen molar-refractivity contribution in [2.45, 2.75) is 12.3 Å². The first kappa shape index (κ1) is 9.66. The van der Waals surface area contributed by atoms with Crippen molar-refractivity contribution >= 4 is 26.7 Å². The van der Waals surface area contributed by atoms with Crippen LogP contribution in [0.2, 0.25) is 0 Å². The Bertz CT molecular complexity index is 477. The van der Waals surface area contributed by atoms with Crippen LogP contribution in [0.3, 0.4) is 0 Å². The quantitative estimate of drug-likeness (QED) is 0.668. The van der Waals surface area contributed by atoms with E-state index in [4.69, 9.17) is 0 Å². The van der Waals surface area contributed by atoms with Crippen LogP contribution < -0.4 is 0 Å². The molecule has 0 heterocycles. The van der Waals surface area contributed by atoms with Gasteiger partial charge >= 0.3 is 0 Å². The van der Waals surface area contributed by atoms with E-state index in [1.54, 1.807) is 6.07 Å². The van der Waals surface area contributed by atoms with Crippen LogP contribution in [0.1, 0.15) is 11.1 Å². The molecule has 0 N–H and O–H groups in total. The molecule has 0 unspecified atom stereocenters. The molecule has 2 aromatic carbocycles. The molecule has 0 amide bonds. The van der Waals surface area contributed by atoms with Crippen molar-refractivity contribution in [3.63, 3.8) is 0 Å². The Hall–Kier alpha value is -0.890. The van der Waals surface area contributed by atoms with Gasteiger partial charge in [-0.2, -0.15) is 0 Å². The lowest BCUT2D eigenvalue weighted by Crippen LogP contribution is -1.85. The van der Waals surface area contributed by atoms with Gasteiger partial charge in [0.15, 0.2) is 0 Å². The van der Waals surface area contributed by atoms with E-state index in [0.29, 0.717) is 0 Å². The van der Waals surface area contributed by atoms with Gasteiger partial charge in [0.2, 0.25) is 0 Å². The molecule has 0 aliphatic rings. The molecule has 0 aliphatic heterocycles. The van der Waals surface area contributed by atoms with Crippen molar-refractivity contribution < 1.29 is 4.39 Å². The molecule has 0 saturated heterocycles. The molecule has 2 heteroatoms. The van der Waals surface area contributed by atoms with E-state index >= 15 is 0 Å². The van der Waals surface area contributed by atoms with Crippen molar-refractivity contribution in [3.8, 4) is 0 Å². The van der Waals surface area contributed by atoms with Gasteiger partial charge in [-0.15, -0.1) is 0 Å². The number of fused-ring (bicyclic) bond motifs is 1. The molecule has 14 heavy (non-hydrogen) atoms. The number of benzene rings is 2. The molecule has 0 atom stereocenters. The first-order chi connectivity index (χ1) is 6.70. The minimum absolute atomic E-state index is 0.174. The summed E-state index contributed by atoms with van der Waals surface area (Å²) in [6.45, 7) is 2.01. The number of halogens is 2. The number of rotatable bonds is 1. The van der Waals surface area contributed by atoms with Crippen LogP contribution in [-0.4, -0.2) is 0 Å². The van der Waals surface area contributed by atoms with E-state index in [2.05, 4.69) is 28.1 Å². The van der Waals surface area contributed by atoms with Gasteiger partial charge in [-0.3, -0.25) is 0 Å². The van der Waals surface area contributed by atoms with E-state index in [1.807, 2.05) is 13.0 Å². The highest BCUT2D eigenvalue weighted by Crippen LogP contribution is 2.22. The fraction of sp³-hybridized carbons (Fsp3) is 0.167. The third-order valence-electron chi connectivity index (χ3n) is 2.34. The standard InChI is InChI=1S/C12H10BrF/c1-8-4-9(7-13)5-10-2-3-11(14)6-12(8)10/h2-6H,7H2,1H3. The smallest absolute Gasteiger partial charge is 0.123 e. The normalized spacial score (nSPS) is 10.8. The third-order valence-corrected chi connectivity index (χ3v) is 2.98.